The molecule has 1 heterocycles. The summed E-state index contributed by atoms with van der Waals surface area (Å²) in [4.78, 5) is 4.24. The van der Waals surface area contributed by atoms with Crippen LogP contribution >= 0.6 is 0 Å². The molecule has 21 heavy (non-hydrogen) atoms. The Morgan fingerprint density at radius 3 is 2.81 bits per heavy atom. The van der Waals surface area contributed by atoms with Crippen molar-refractivity contribution in [1.29, 1.82) is 0 Å². The number of hydrogen-bond acceptors (Lipinski definition) is 3. The Morgan fingerprint density at radius 1 is 1.29 bits per heavy atom. The molecule has 1 atom stereocenters. The largest absolute Gasteiger partial charge is 0.496 e. The minimum Gasteiger partial charge on any atom is -0.496 e. The Balaban J connectivity index is 2.24. The quantitative estimate of drug-likeness (QED) is 0.842. The van der Waals surface area contributed by atoms with Crippen LogP contribution in [0.15, 0.2) is 42.7 Å². The molecule has 1 aromatic heterocycles. The lowest BCUT2D eigenvalue weighted by Gasteiger charge is -2.20. The number of methoxy groups -OCH3 is 1. The lowest BCUT2D eigenvalue weighted by molar-refractivity contribution is 0.405. The maximum absolute atomic E-state index is 5.50. The molecule has 0 aliphatic heterocycles. The van der Waals surface area contributed by atoms with Crippen LogP contribution in [0.3, 0.4) is 0 Å². The van der Waals surface area contributed by atoms with Gasteiger partial charge in [0.15, 0.2) is 0 Å². The normalized spacial score (nSPS) is 12.1. The summed E-state index contributed by atoms with van der Waals surface area (Å²) in [6, 6.07) is 10.7. The first-order valence-electron chi connectivity index (χ1n) is 7.51. The first-order chi connectivity index (χ1) is 10.2. The molecule has 0 radical (unpaired) electrons. The average Bonchev–Trinajstić information content (AvgIpc) is 2.52. The molecular weight excluding hydrogens is 260 g/mol. The fourth-order valence-corrected chi connectivity index (χ4v) is 2.50. The number of nitrogens with one attached hydrogen (secondary N) is 1. The van der Waals surface area contributed by atoms with Gasteiger partial charge in [0.25, 0.3) is 0 Å². The van der Waals surface area contributed by atoms with Gasteiger partial charge in [0.05, 0.1) is 7.11 Å². The first-order valence-corrected chi connectivity index (χ1v) is 7.51. The molecule has 1 unspecified atom stereocenters. The highest BCUT2D eigenvalue weighted by atomic mass is 16.5. The predicted molar refractivity (Wildman–Crippen MR) is 86.7 cm³/mol. The fraction of sp³-hybridized carbons (Fsp3) is 0.389. The molecule has 0 bridgehead atoms. The number of rotatable bonds is 7. The average molecular weight is 284 g/mol. The van der Waals surface area contributed by atoms with Gasteiger partial charge < -0.3 is 10.1 Å². The Hall–Kier alpha value is -1.87. The van der Waals surface area contributed by atoms with Crippen LogP contribution in [0.1, 0.15) is 36.1 Å². The molecule has 0 aliphatic carbocycles. The van der Waals surface area contributed by atoms with E-state index in [1.165, 1.54) is 16.7 Å². The second-order valence-corrected chi connectivity index (χ2v) is 5.31. The second kappa shape index (κ2) is 7.79. The van der Waals surface area contributed by atoms with E-state index in [-0.39, 0.29) is 6.04 Å². The van der Waals surface area contributed by atoms with Gasteiger partial charge in [0.2, 0.25) is 0 Å². The van der Waals surface area contributed by atoms with Crippen LogP contribution in [0, 0.1) is 6.92 Å². The topological polar surface area (TPSA) is 34.1 Å². The second-order valence-electron chi connectivity index (χ2n) is 5.31. The minimum absolute atomic E-state index is 0.259. The Bertz CT molecular complexity index is 554. The summed E-state index contributed by atoms with van der Waals surface area (Å²) in [5.41, 5.74) is 3.70. The predicted octanol–water partition coefficient (Wildman–Crippen LogP) is 3.68. The van der Waals surface area contributed by atoms with Crippen LogP contribution < -0.4 is 10.1 Å². The summed E-state index contributed by atoms with van der Waals surface area (Å²) >= 11 is 0. The van der Waals surface area contributed by atoms with Crippen LogP contribution in [-0.4, -0.2) is 18.6 Å². The lowest BCUT2D eigenvalue weighted by atomic mass is 9.98. The highest BCUT2D eigenvalue weighted by molar-refractivity contribution is 5.38. The molecule has 3 heteroatoms. The Morgan fingerprint density at radius 2 is 2.14 bits per heavy atom. The maximum atomic E-state index is 5.50. The first kappa shape index (κ1) is 15.5. The highest BCUT2D eigenvalue weighted by Crippen LogP contribution is 2.26. The smallest absolute Gasteiger partial charge is 0.122 e. The van der Waals surface area contributed by atoms with E-state index in [9.17, 15) is 0 Å². The van der Waals surface area contributed by atoms with Gasteiger partial charge >= 0.3 is 0 Å². The van der Waals surface area contributed by atoms with E-state index < -0.39 is 0 Å². The van der Waals surface area contributed by atoms with Gasteiger partial charge in [-0.2, -0.15) is 0 Å². The van der Waals surface area contributed by atoms with Crippen LogP contribution in [0.25, 0.3) is 0 Å². The van der Waals surface area contributed by atoms with Crippen molar-refractivity contribution in [3.05, 3.63) is 59.4 Å². The molecule has 0 amide bonds. The number of ether oxygens (including phenoxy) is 1. The number of benzene rings is 1. The van der Waals surface area contributed by atoms with E-state index in [0.717, 1.165) is 25.1 Å². The van der Waals surface area contributed by atoms with Crippen LogP contribution in [0.4, 0.5) is 0 Å². The van der Waals surface area contributed by atoms with Crippen molar-refractivity contribution < 1.29 is 4.74 Å². The summed E-state index contributed by atoms with van der Waals surface area (Å²) in [7, 11) is 1.73. The van der Waals surface area contributed by atoms with Gasteiger partial charge in [-0.1, -0.05) is 30.7 Å². The van der Waals surface area contributed by atoms with E-state index in [2.05, 4.69) is 42.3 Å². The highest BCUT2D eigenvalue weighted by Gasteiger charge is 2.14. The third-order valence-electron chi connectivity index (χ3n) is 3.59. The Labute approximate surface area is 127 Å². The number of pyridine rings is 1. The van der Waals surface area contributed by atoms with Crippen molar-refractivity contribution in [2.45, 2.75) is 32.7 Å². The molecule has 0 aliphatic rings. The molecule has 0 spiro atoms. The zero-order valence-electron chi connectivity index (χ0n) is 13.1. The van der Waals surface area contributed by atoms with Gasteiger partial charge in [-0.25, -0.2) is 0 Å². The third-order valence-corrected chi connectivity index (χ3v) is 3.59. The zero-order valence-corrected chi connectivity index (χ0v) is 13.1. The summed E-state index contributed by atoms with van der Waals surface area (Å²) in [5, 5.41) is 3.61. The summed E-state index contributed by atoms with van der Waals surface area (Å²) < 4.78 is 5.50. The Kier molecular flexibility index (Phi) is 5.76. The summed E-state index contributed by atoms with van der Waals surface area (Å²) in [6.45, 7) is 5.29. The monoisotopic (exact) mass is 284 g/mol. The standard InChI is InChI=1S/C18H24N2O/c1-4-9-20-17(15-6-5-10-19-13-15)12-16-11-14(2)7-8-18(16)21-3/h5-8,10-11,13,17,20H,4,9,12H2,1-3H3. The van der Waals surface area contributed by atoms with Gasteiger partial charge in [0, 0.05) is 18.4 Å². The number of nitrogens with zero attached hydrogens (tertiary/aromatic N) is 1. The molecule has 1 aromatic carbocycles. The fourth-order valence-electron chi connectivity index (χ4n) is 2.50. The maximum Gasteiger partial charge on any atom is 0.122 e. The van der Waals surface area contributed by atoms with Gasteiger partial charge in [-0.3, -0.25) is 4.98 Å². The van der Waals surface area contributed by atoms with E-state index in [1.54, 1.807) is 7.11 Å². The molecule has 112 valence electrons. The van der Waals surface area contributed by atoms with Crippen molar-refractivity contribution in [2.24, 2.45) is 0 Å². The molecule has 3 nitrogen and oxygen atoms in total. The summed E-state index contributed by atoms with van der Waals surface area (Å²) in [5.74, 6) is 0.952. The molecule has 2 rings (SSSR count). The zero-order chi connectivity index (χ0) is 15.1. The van der Waals surface area contributed by atoms with Crippen molar-refractivity contribution in [3.63, 3.8) is 0 Å². The van der Waals surface area contributed by atoms with Crippen molar-refractivity contribution in [3.8, 4) is 5.75 Å². The van der Waals surface area contributed by atoms with E-state index in [0.29, 0.717) is 0 Å². The van der Waals surface area contributed by atoms with Gasteiger partial charge in [-0.05, 0) is 49.6 Å². The molecule has 0 saturated heterocycles. The molecule has 2 aromatic rings. The van der Waals surface area contributed by atoms with E-state index in [4.69, 9.17) is 4.74 Å². The SMILES string of the molecule is CCCNC(Cc1cc(C)ccc1OC)c1cccnc1. The van der Waals surface area contributed by atoms with Gasteiger partial charge in [0.1, 0.15) is 5.75 Å². The molecule has 0 saturated carbocycles. The van der Waals surface area contributed by atoms with Crippen molar-refractivity contribution in [2.75, 3.05) is 13.7 Å². The molecule has 1 N–H and O–H groups in total. The van der Waals surface area contributed by atoms with Crippen LogP contribution in [0.2, 0.25) is 0 Å². The van der Waals surface area contributed by atoms with E-state index in [1.807, 2.05) is 24.5 Å². The minimum atomic E-state index is 0.259. The van der Waals surface area contributed by atoms with Crippen molar-refractivity contribution in [1.82, 2.24) is 10.3 Å². The van der Waals surface area contributed by atoms with Crippen LogP contribution in [0.5, 0.6) is 5.75 Å². The van der Waals surface area contributed by atoms with Gasteiger partial charge in [-0.15, -0.1) is 0 Å². The molecule has 0 fully saturated rings. The van der Waals surface area contributed by atoms with Crippen molar-refractivity contribution >= 4 is 0 Å². The summed E-state index contributed by atoms with van der Waals surface area (Å²) in [6.07, 6.45) is 5.77. The van der Waals surface area contributed by atoms with E-state index >= 15 is 0 Å². The molecular formula is C18H24N2O. The number of aromatic nitrogens is 1. The lowest BCUT2D eigenvalue weighted by Crippen LogP contribution is -2.24. The number of hydrogen-bond donors (Lipinski definition) is 1. The number of aryl methyl sites for hydroxylation is 1. The third kappa shape index (κ3) is 4.30. The van der Waals surface area contributed by atoms with Crippen LogP contribution in [-0.2, 0) is 6.42 Å².